The van der Waals surface area contributed by atoms with Gasteiger partial charge in [0, 0.05) is 24.4 Å². The molecule has 1 saturated heterocycles. The van der Waals surface area contributed by atoms with Crippen molar-refractivity contribution in [1.82, 2.24) is 14.4 Å². The van der Waals surface area contributed by atoms with Crippen LogP contribution >= 0.6 is 7.60 Å². The monoisotopic (exact) mass is 501 g/mol. The minimum atomic E-state index is -4.48. The lowest BCUT2D eigenvalue weighted by Gasteiger charge is -2.37. The number of hydrogen-bond acceptors (Lipinski definition) is 9. The molecule has 3 rings (SSSR count). The third kappa shape index (κ3) is 4.90. The van der Waals surface area contributed by atoms with Gasteiger partial charge in [-0.15, -0.1) is 0 Å². The van der Waals surface area contributed by atoms with Crippen LogP contribution in [0.1, 0.15) is 64.3 Å². The lowest BCUT2D eigenvalue weighted by Crippen LogP contribution is -2.40. The zero-order valence-corrected chi connectivity index (χ0v) is 20.7. The van der Waals surface area contributed by atoms with Crippen molar-refractivity contribution in [2.45, 2.75) is 89.2 Å². The van der Waals surface area contributed by atoms with Crippen LogP contribution in [0.2, 0.25) is 0 Å². The summed E-state index contributed by atoms with van der Waals surface area (Å²) < 4.78 is 25.5. The first-order chi connectivity index (χ1) is 15.6. The van der Waals surface area contributed by atoms with Crippen molar-refractivity contribution in [3.8, 4) is 0 Å². The Morgan fingerprint density at radius 2 is 1.88 bits per heavy atom. The lowest BCUT2D eigenvalue weighted by molar-refractivity contribution is -0.0533. The molecule has 2 aromatic rings. The van der Waals surface area contributed by atoms with E-state index >= 15 is 0 Å². The first kappa shape index (κ1) is 26.7. The number of aromatic amines is 1. The van der Waals surface area contributed by atoms with Crippen LogP contribution in [0.4, 0.5) is 0 Å². The number of aliphatic hydroxyl groups is 3. The summed E-state index contributed by atoms with van der Waals surface area (Å²) >= 11 is 0. The molecule has 0 aliphatic carbocycles. The van der Waals surface area contributed by atoms with Crippen LogP contribution in [0.5, 0.6) is 0 Å². The summed E-state index contributed by atoms with van der Waals surface area (Å²) in [4.78, 5) is 41.0. The zero-order valence-electron chi connectivity index (χ0n) is 19.8. The van der Waals surface area contributed by atoms with Crippen LogP contribution in [-0.4, -0.2) is 63.8 Å². The quantitative estimate of drug-likeness (QED) is 0.323. The van der Waals surface area contributed by atoms with E-state index in [1.165, 1.54) is 23.6 Å². The number of H-pyrrole nitrogens is 1. The maximum atomic E-state index is 12.7. The summed E-state index contributed by atoms with van der Waals surface area (Å²) in [6.45, 7) is 7.65. The number of aryl methyl sites for hydroxylation is 1. The number of aromatic nitrogens is 3. The van der Waals surface area contributed by atoms with E-state index < -0.39 is 54.1 Å². The molecule has 3 heterocycles. The Balaban J connectivity index is 1.90. The Labute approximate surface area is 195 Å². The number of aliphatic hydroxyl groups excluding tert-OH is 2. The maximum Gasteiger partial charge on any atom is 0.359 e. The molecule has 190 valence electrons. The molecule has 0 aromatic carbocycles. The molecule has 0 amide bonds. The average Bonchev–Trinajstić information content (AvgIpc) is 3.00. The van der Waals surface area contributed by atoms with Crippen LogP contribution < -0.4 is 11.1 Å². The van der Waals surface area contributed by atoms with Crippen molar-refractivity contribution in [2.75, 3.05) is 0 Å². The predicted molar refractivity (Wildman–Crippen MR) is 122 cm³/mol. The zero-order chi connectivity index (χ0) is 25.6. The minimum Gasteiger partial charge on any atom is -0.388 e. The molecule has 7 atom stereocenters. The molecular formula is C21H32N3O9P. The van der Waals surface area contributed by atoms with E-state index in [9.17, 15) is 34.4 Å². The Morgan fingerprint density at radius 1 is 1.24 bits per heavy atom. The molecular weight excluding hydrogens is 469 g/mol. The van der Waals surface area contributed by atoms with Gasteiger partial charge in [-0.25, -0.2) is 0 Å². The maximum absolute atomic E-state index is 12.7. The highest BCUT2D eigenvalue weighted by atomic mass is 31.2. The Kier molecular flexibility index (Phi) is 7.27. The van der Waals surface area contributed by atoms with Gasteiger partial charge in [-0.2, -0.15) is 4.98 Å². The number of fused-ring (bicyclic) bond motifs is 1. The predicted octanol–water partition coefficient (Wildman–Crippen LogP) is 0.732. The third-order valence-corrected chi connectivity index (χ3v) is 8.80. The standard InChI is InChI=1S/C21H32N3O9P/c1-6-20(4,33-34(30,31)21(5,29)7-2)9-13-15(26)16(27)17(32-13)12-10-24-11(3)8-14(25)22-19(24)23-18(12)28/h8,10,13,15-17,26-27,29H,6-7,9H2,1-5H3,(H,30,31)(H,22,23,25,28)/t13-,15?,16+,17+,20?,21?/m1/s1. The Hall–Kier alpha value is -1.92. The molecule has 13 heteroatoms. The van der Waals surface area contributed by atoms with E-state index in [0.29, 0.717) is 5.69 Å². The molecule has 34 heavy (non-hydrogen) atoms. The summed E-state index contributed by atoms with van der Waals surface area (Å²) in [6, 6.07) is 1.31. The van der Waals surface area contributed by atoms with Crippen LogP contribution in [0.25, 0.3) is 5.78 Å². The summed E-state index contributed by atoms with van der Waals surface area (Å²) in [5.41, 5.74) is -2.00. The molecule has 0 spiro atoms. The number of nitrogens with zero attached hydrogens (tertiary/aromatic N) is 2. The summed E-state index contributed by atoms with van der Waals surface area (Å²) in [7, 11) is -4.48. The Morgan fingerprint density at radius 3 is 2.47 bits per heavy atom. The van der Waals surface area contributed by atoms with Gasteiger partial charge in [-0.3, -0.25) is 23.5 Å². The van der Waals surface area contributed by atoms with Crippen LogP contribution in [-0.2, 0) is 13.8 Å². The summed E-state index contributed by atoms with van der Waals surface area (Å²) in [5.74, 6) is 0.0250. The van der Waals surface area contributed by atoms with Gasteiger partial charge < -0.3 is 29.5 Å². The van der Waals surface area contributed by atoms with Crippen molar-refractivity contribution >= 4 is 13.4 Å². The molecule has 1 aliphatic rings. The van der Waals surface area contributed by atoms with Crippen LogP contribution in [0.3, 0.4) is 0 Å². The molecule has 12 nitrogen and oxygen atoms in total. The van der Waals surface area contributed by atoms with E-state index in [-0.39, 0.29) is 30.6 Å². The highest BCUT2D eigenvalue weighted by Crippen LogP contribution is 2.59. The molecule has 0 saturated carbocycles. The van der Waals surface area contributed by atoms with E-state index in [1.807, 2.05) is 0 Å². The van der Waals surface area contributed by atoms with Crippen LogP contribution in [0.15, 0.2) is 21.9 Å². The highest BCUT2D eigenvalue weighted by molar-refractivity contribution is 7.54. The molecule has 5 N–H and O–H groups in total. The largest absolute Gasteiger partial charge is 0.388 e. The van der Waals surface area contributed by atoms with E-state index in [4.69, 9.17) is 9.26 Å². The van der Waals surface area contributed by atoms with Crippen molar-refractivity contribution in [2.24, 2.45) is 0 Å². The van der Waals surface area contributed by atoms with E-state index in [2.05, 4.69) is 9.97 Å². The number of hydrogen-bond donors (Lipinski definition) is 5. The first-order valence-electron chi connectivity index (χ1n) is 11.1. The highest BCUT2D eigenvalue weighted by Gasteiger charge is 2.50. The van der Waals surface area contributed by atoms with Gasteiger partial charge in [-0.05, 0) is 33.6 Å². The van der Waals surface area contributed by atoms with Crippen molar-refractivity contribution in [3.63, 3.8) is 0 Å². The molecule has 1 fully saturated rings. The van der Waals surface area contributed by atoms with Crippen molar-refractivity contribution < 1.29 is 34.0 Å². The fraction of sp³-hybridized carbons (Fsp3) is 0.667. The van der Waals surface area contributed by atoms with Crippen molar-refractivity contribution in [1.29, 1.82) is 0 Å². The lowest BCUT2D eigenvalue weighted by atomic mass is 9.92. The van der Waals surface area contributed by atoms with Gasteiger partial charge in [-0.1, -0.05) is 13.8 Å². The second-order valence-corrected chi connectivity index (χ2v) is 11.4. The normalized spacial score (nSPS) is 28.4. The van der Waals surface area contributed by atoms with Gasteiger partial charge in [0.25, 0.3) is 11.1 Å². The van der Waals surface area contributed by atoms with Crippen molar-refractivity contribution in [3.05, 3.63) is 44.2 Å². The summed E-state index contributed by atoms with van der Waals surface area (Å²) in [6.07, 6.45) is -3.70. The topological polar surface area (TPSA) is 184 Å². The fourth-order valence-corrected chi connectivity index (χ4v) is 5.27. The van der Waals surface area contributed by atoms with Crippen LogP contribution in [0, 0.1) is 6.92 Å². The van der Waals surface area contributed by atoms with Gasteiger partial charge in [0.2, 0.25) is 5.78 Å². The fourth-order valence-electron chi connectivity index (χ4n) is 3.87. The Bertz CT molecular complexity index is 1230. The number of rotatable bonds is 8. The van der Waals surface area contributed by atoms with Gasteiger partial charge in [0.05, 0.1) is 17.3 Å². The van der Waals surface area contributed by atoms with Gasteiger partial charge in [0.1, 0.15) is 18.3 Å². The summed E-state index contributed by atoms with van der Waals surface area (Å²) in [5, 5.41) is 29.6. The molecule has 2 aromatic heterocycles. The van der Waals surface area contributed by atoms with E-state index in [0.717, 1.165) is 0 Å². The van der Waals surface area contributed by atoms with E-state index in [1.54, 1.807) is 27.7 Å². The minimum absolute atomic E-state index is 0.0203. The second kappa shape index (κ2) is 9.27. The third-order valence-electron chi connectivity index (χ3n) is 6.58. The number of nitrogens with one attached hydrogen (secondary N) is 1. The smallest absolute Gasteiger partial charge is 0.359 e. The SMILES string of the molecule is CCC(C)(C[C@H]1O[C@@H](c2cn3c(C)cc(=O)[nH]c3nc2=O)[C@@H](O)C1O)OP(=O)(O)C(C)(O)CC. The van der Waals surface area contributed by atoms with Gasteiger partial charge in [0.15, 0.2) is 5.34 Å². The molecule has 1 aliphatic heterocycles. The van der Waals surface area contributed by atoms with Gasteiger partial charge >= 0.3 is 7.60 Å². The average molecular weight is 501 g/mol. The number of ether oxygens (including phenoxy) is 1. The molecule has 0 bridgehead atoms. The second-order valence-electron chi connectivity index (χ2n) is 9.24. The molecule has 0 radical (unpaired) electrons. The molecule has 4 unspecified atom stereocenters. The first-order valence-corrected chi connectivity index (χ1v) is 12.6.